The smallest absolute Gasteiger partial charge is 0.258 e. The first kappa shape index (κ1) is 19.9. The van der Waals surface area contributed by atoms with Gasteiger partial charge in [0.1, 0.15) is 11.1 Å². The Morgan fingerprint density at radius 3 is 2.61 bits per heavy atom. The molecule has 2 heterocycles. The number of thioether (sulfide) groups is 1. The van der Waals surface area contributed by atoms with Gasteiger partial charge < -0.3 is 0 Å². The molecule has 3 rings (SSSR count). The van der Waals surface area contributed by atoms with Gasteiger partial charge in [0.2, 0.25) is 0 Å². The Bertz CT molecular complexity index is 1060. The molecule has 0 N–H and O–H groups in total. The molecule has 5 nitrogen and oxygen atoms in total. The van der Waals surface area contributed by atoms with E-state index in [9.17, 15) is 28.5 Å². The quantitative estimate of drug-likeness (QED) is 0.291. The van der Waals surface area contributed by atoms with E-state index in [2.05, 4.69) is 4.98 Å². The first-order valence-corrected chi connectivity index (χ1v) is 9.59. The second-order valence-electron chi connectivity index (χ2n) is 5.50. The van der Waals surface area contributed by atoms with Crippen LogP contribution in [0.3, 0.4) is 0 Å². The highest BCUT2D eigenvalue weighted by atomic mass is 32.2. The van der Waals surface area contributed by atoms with Crippen LogP contribution in [0.1, 0.15) is 16.7 Å². The second-order valence-corrected chi connectivity index (χ2v) is 7.41. The van der Waals surface area contributed by atoms with Crippen LogP contribution < -0.4 is 0 Å². The maximum absolute atomic E-state index is 13.5. The highest BCUT2D eigenvalue weighted by Crippen LogP contribution is 2.39. The van der Waals surface area contributed by atoms with Crippen molar-refractivity contribution in [2.45, 2.75) is 17.0 Å². The first-order chi connectivity index (χ1) is 13.3. The monoisotopic (exact) mass is 421 g/mol. The number of benzene rings is 1. The molecule has 0 spiro atoms. The Morgan fingerprint density at radius 2 is 2.00 bits per heavy atom. The average molecular weight is 421 g/mol. The zero-order chi connectivity index (χ0) is 20.3. The van der Waals surface area contributed by atoms with Gasteiger partial charge in [0.05, 0.1) is 26.6 Å². The molecule has 142 valence electrons. The minimum atomic E-state index is -4.73. The summed E-state index contributed by atoms with van der Waals surface area (Å²) in [6.07, 6.45) is -4.73. The number of halogens is 3. The van der Waals surface area contributed by atoms with Crippen LogP contribution in [-0.2, 0) is 11.9 Å². The van der Waals surface area contributed by atoms with Crippen LogP contribution in [0.25, 0.3) is 10.6 Å². The van der Waals surface area contributed by atoms with Crippen LogP contribution in [0.5, 0.6) is 0 Å². The van der Waals surface area contributed by atoms with Crippen molar-refractivity contribution in [3.63, 3.8) is 0 Å². The van der Waals surface area contributed by atoms with Crippen molar-refractivity contribution in [1.82, 2.24) is 4.98 Å². The number of nitrogens with zero attached hydrogens (tertiary/aromatic N) is 3. The van der Waals surface area contributed by atoms with Crippen LogP contribution >= 0.6 is 23.1 Å². The number of nitriles is 1. The molecule has 0 amide bonds. The Kier molecular flexibility index (Phi) is 5.67. The maximum atomic E-state index is 13.5. The van der Waals surface area contributed by atoms with Gasteiger partial charge in [-0.05, 0) is 17.5 Å². The topological polar surface area (TPSA) is 79.8 Å². The highest BCUT2D eigenvalue weighted by Gasteiger charge is 2.36. The van der Waals surface area contributed by atoms with Crippen molar-refractivity contribution >= 4 is 28.8 Å². The SMILES string of the molecule is N#Cc1c(C(F)(F)F)cc(-c2cccs2)nc1SCc1ccccc1[N+](=O)[O-]. The van der Waals surface area contributed by atoms with Crippen LogP contribution in [0.2, 0.25) is 0 Å². The third kappa shape index (κ3) is 4.16. The lowest BCUT2D eigenvalue weighted by atomic mass is 10.1. The zero-order valence-corrected chi connectivity index (χ0v) is 15.6. The summed E-state index contributed by atoms with van der Waals surface area (Å²) in [4.78, 5) is 15.3. The van der Waals surface area contributed by atoms with Gasteiger partial charge >= 0.3 is 6.18 Å². The molecule has 0 aliphatic carbocycles. The van der Waals surface area contributed by atoms with Crippen LogP contribution in [0.4, 0.5) is 18.9 Å². The summed E-state index contributed by atoms with van der Waals surface area (Å²) in [5, 5.41) is 22.0. The van der Waals surface area contributed by atoms with E-state index in [1.165, 1.54) is 29.5 Å². The fourth-order valence-electron chi connectivity index (χ4n) is 2.47. The second kappa shape index (κ2) is 8.00. The number of nitro groups is 1. The Hall–Kier alpha value is -2.90. The number of nitro benzene ring substituents is 1. The molecule has 10 heteroatoms. The van der Waals surface area contributed by atoms with Gasteiger partial charge in [-0.15, -0.1) is 23.1 Å². The fourth-order valence-corrected chi connectivity index (χ4v) is 4.15. The first-order valence-electron chi connectivity index (χ1n) is 7.72. The number of para-hydroxylation sites is 1. The third-order valence-corrected chi connectivity index (χ3v) is 5.65. The van der Waals surface area contributed by atoms with E-state index in [0.29, 0.717) is 10.4 Å². The Balaban J connectivity index is 2.06. The van der Waals surface area contributed by atoms with E-state index >= 15 is 0 Å². The molecule has 0 fully saturated rings. The number of thiophene rings is 1. The molecule has 0 bridgehead atoms. The van der Waals surface area contributed by atoms with Gasteiger partial charge in [-0.3, -0.25) is 10.1 Å². The third-order valence-electron chi connectivity index (χ3n) is 3.73. The molecule has 0 radical (unpaired) electrons. The predicted molar refractivity (Wildman–Crippen MR) is 99.9 cm³/mol. The van der Waals surface area contributed by atoms with Gasteiger partial charge in [0.15, 0.2) is 0 Å². The molecule has 0 unspecified atom stereocenters. The van der Waals surface area contributed by atoms with Gasteiger partial charge in [-0.1, -0.05) is 24.3 Å². The standard InChI is InChI=1S/C18H10F3N3O2S2/c19-18(20,21)13-8-14(16-6-3-7-27-16)23-17(12(13)9-22)28-10-11-4-1-2-5-15(11)24(25)26/h1-8H,10H2. The van der Waals surface area contributed by atoms with E-state index in [0.717, 1.165) is 17.8 Å². The molecule has 0 aliphatic rings. The molecular formula is C18H10F3N3O2S2. The summed E-state index contributed by atoms with van der Waals surface area (Å²) in [7, 11) is 0. The van der Waals surface area contributed by atoms with Crippen molar-refractivity contribution in [3.8, 4) is 16.6 Å². The lowest BCUT2D eigenvalue weighted by Crippen LogP contribution is -2.10. The summed E-state index contributed by atoms with van der Waals surface area (Å²) < 4.78 is 40.5. The van der Waals surface area contributed by atoms with Gasteiger partial charge in [0.25, 0.3) is 5.69 Å². The summed E-state index contributed by atoms with van der Waals surface area (Å²) in [5.41, 5.74) is -1.36. The van der Waals surface area contributed by atoms with E-state index in [1.54, 1.807) is 29.6 Å². The molecule has 3 aromatic rings. The van der Waals surface area contributed by atoms with E-state index in [1.807, 2.05) is 0 Å². The van der Waals surface area contributed by atoms with Crippen LogP contribution in [0, 0.1) is 21.4 Å². The minimum Gasteiger partial charge on any atom is -0.258 e. The van der Waals surface area contributed by atoms with Crippen LogP contribution in [-0.4, -0.2) is 9.91 Å². The molecule has 2 aromatic heterocycles. The molecule has 0 atom stereocenters. The maximum Gasteiger partial charge on any atom is 0.417 e. The van der Waals surface area contributed by atoms with E-state index < -0.39 is 22.2 Å². The number of pyridine rings is 1. The van der Waals surface area contributed by atoms with Crippen molar-refractivity contribution < 1.29 is 18.1 Å². The Labute approximate surface area is 165 Å². The number of rotatable bonds is 5. The van der Waals surface area contributed by atoms with E-state index in [4.69, 9.17) is 0 Å². The van der Waals surface area contributed by atoms with Crippen LogP contribution in [0.15, 0.2) is 52.9 Å². The number of hydrogen-bond donors (Lipinski definition) is 0. The molecule has 0 saturated heterocycles. The fraction of sp³-hybridized carbons (Fsp3) is 0.111. The Morgan fingerprint density at radius 1 is 1.25 bits per heavy atom. The predicted octanol–water partition coefficient (Wildman–Crippen LogP) is 5.90. The zero-order valence-electron chi connectivity index (χ0n) is 13.9. The molecule has 0 aliphatic heterocycles. The number of aromatic nitrogens is 1. The normalized spacial score (nSPS) is 11.2. The van der Waals surface area contributed by atoms with Crippen molar-refractivity contribution in [3.05, 3.63) is 74.6 Å². The molecule has 1 aromatic carbocycles. The largest absolute Gasteiger partial charge is 0.417 e. The van der Waals surface area contributed by atoms with Crippen molar-refractivity contribution in [2.24, 2.45) is 0 Å². The molecule has 0 saturated carbocycles. The lowest BCUT2D eigenvalue weighted by Gasteiger charge is -2.13. The minimum absolute atomic E-state index is 0.00399. The van der Waals surface area contributed by atoms with E-state index in [-0.39, 0.29) is 22.2 Å². The molecule has 28 heavy (non-hydrogen) atoms. The van der Waals surface area contributed by atoms with Gasteiger partial charge in [-0.2, -0.15) is 18.4 Å². The number of alkyl halides is 3. The van der Waals surface area contributed by atoms with Gasteiger partial charge in [-0.25, -0.2) is 4.98 Å². The average Bonchev–Trinajstić information content (AvgIpc) is 3.19. The van der Waals surface area contributed by atoms with Crippen molar-refractivity contribution in [2.75, 3.05) is 0 Å². The summed E-state index contributed by atoms with van der Waals surface area (Å²) in [5.74, 6) is 0.00399. The molecular weight excluding hydrogens is 411 g/mol. The summed E-state index contributed by atoms with van der Waals surface area (Å²) in [6, 6.07) is 11.7. The summed E-state index contributed by atoms with van der Waals surface area (Å²) >= 11 is 2.09. The number of hydrogen-bond acceptors (Lipinski definition) is 6. The van der Waals surface area contributed by atoms with Crippen molar-refractivity contribution in [1.29, 1.82) is 5.26 Å². The lowest BCUT2D eigenvalue weighted by molar-refractivity contribution is -0.385. The van der Waals surface area contributed by atoms with Gasteiger partial charge in [0, 0.05) is 17.4 Å². The summed E-state index contributed by atoms with van der Waals surface area (Å²) in [6.45, 7) is 0. The highest BCUT2D eigenvalue weighted by molar-refractivity contribution is 7.98.